The highest BCUT2D eigenvalue weighted by Gasteiger charge is 2.56. The number of carboxylic acid groups (broad SMARTS) is 1. The van der Waals surface area contributed by atoms with Crippen LogP contribution < -0.4 is 10.0 Å². The molecule has 0 saturated heterocycles. The van der Waals surface area contributed by atoms with Crippen molar-refractivity contribution in [1.29, 1.82) is 0 Å². The average molecular weight is 326 g/mol. The maximum atomic E-state index is 11.9. The van der Waals surface area contributed by atoms with Crippen LogP contribution in [0.5, 0.6) is 0 Å². The number of nitrogens with one attached hydrogen (secondary N) is 2. The minimum Gasteiger partial charge on any atom is -0.480 e. The minimum absolute atomic E-state index is 0.147. The van der Waals surface area contributed by atoms with E-state index >= 15 is 0 Å². The van der Waals surface area contributed by atoms with Gasteiger partial charge in [0.2, 0.25) is 15.9 Å². The van der Waals surface area contributed by atoms with Crippen LogP contribution in [0.2, 0.25) is 0 Å². The van der Waals surface area contributed by atoms with Gasteiger partial charge in [0.1, 0.15) is 5.41 Å². The van der Waals surface area contributed by atoms with Gasteiger partial charge in [-0.1, -0.05) is 19.1 Å². The van der Waals surface area contributed by atoms with E-state index in [2.05, 4.69) is 10.0 Å². The van der Waals surface area contributed by atoms with Crippen molar-refractivity contribution >= 4 is 21.9 Å². The molecule has 1 aliphatic rings. The topological polar surface area (TPSA) is 113 Å². The summed E-state index contributed by atoms with van der Waals surface area (Å²) in [6.07, 6.45) is 0.710. The van der Waals surface area contributed by atoms with Gasteiger partial charge in [0, 0.05) is 13.1 Å². The lowest BCUT2D eigenvalue weighted by molar-refractivity contribution is -0.149. The lowest BCUT2D eigenvalue weighted by Gasteiger charge is -2.11. The van der Waals surface area contributed by atoms with Gasteiger partial charge in [-0.25, -0.2) is 13.1 Å². The molecule has 1 saturated carbocycles. The molecule has 8 heteroatoms. The first-order valence-corrected chi connectivity index (χ1v) is 8.40. The first kappa shape index (κ1) is 16.4. The molecule has 1 fully saturated rings. The molecule has 7 nitrogen and oxygen atoms in total. The van der Waals surface area contributed by atoms with Gasteiger partial charge in [-0.3, -0.25) is 9.59 Å². The summed E-state index contributed by atoms with van der Waals surface area (Å²) in [7, 11) is -3.50. The second-order valence-electron chi connectivity index (χ2n) is 5.22. The number of rotatable bonds is 7. The number of amides is 1. The van der Waals surface area contributed by atoms with Gasteiger partial charge in [-0.15, -0.1) is 0 Å². The van der Waals surface area contributed by atoms with Gasteiger partial charge in [-0.2, -0.15) is 0 Å². The molecule has 0 aliphatic heterocycles. The van der Waals surface area contributed by atoms with Crippen LogP contribution in [0.15, 0.2) is 29.2 Å². The molecule has 1 aromatic carbocycles. The van der Waals surface area contributed by atoms with Crippen LogP contribution in [0, 0.1) is 5.41 Å². The maximum absolute atomic E-state index is 11.9. The number of hydrogen-bond acceptors (Lipinski definition) is 4. The Labute approximate surface area is 128 Å². The molecule has 0 spiro atoms. The van der Waals surface area contributed by atoms with Gasteiger partial charge in [0.15, 0.2) is 0 Å². The molecule has 1 aromatic rings. The summed E-state index contributed by atoms with van der Waals surface area (Å²) in [5, 5.41) is 11.6. The Morgan fingerprint density at radius 1 is 1.23 bits per heavy atom. The Balaban J connectivity index is 1.98. The number of benzene rings is 1. The second kappa shape index (κ2) is 6.05. The van der Waals surface area contributed by atoms with Crippen molar-refractivity contribution in [2.45, 2.75) is 31.2 Å². The van der Waals surface area contributed by atoms with Crippen molar-refractivity contribution in [3.05, 3.63) is 29.8 Å². The van der Waals surface area contributed by atoms with Crippen molar-refractivity contribution in [1.82, 2.24) is 10.0 Å². The van der Waals surface area contributed by atoms with Crippen LogP contribution in [-0.4, -0.2) is 31.9 Å². The SMILES string of the molecule is CCNS(=O)(=O)c1ccc(CNC(=O)C2(C(=O)O)CC2)cc1. The molecule has 1 amide bonds. The van der Waals surface area contributed by atoms with Gasteiger partial charge in [0.05, 0.1) is 4.90 Å². The lowest BCUT2D eigenvalue weighted by atomic mass is 10.1. The maximum Gasteiger partial charge on any atom is 0.319 e. The molecule has 120 valence electrons. The number of aliphatic carboxylic acids is 1. The van der Waals surface area contributed by atoms with Crippen LogP contribution in [0.1, 0.15) is 25.3 Å². The Morgan fingerprint density at radius 2 is 1.82 bits per heavy atom. The smallest absolute Gasteiger partial charge is 0.319 e. The number of sulfonamides is 1. The van der Waals surface area contributed by atoms with E-state index in [-0.39, 0.29) is 11.4 Å². The molecular weight excluding hydrogens is 308 g/mol. The van der Waals surface area contributed by atoms with E-state index in [1.54, 1.807) is 19.1 Å². The first-order valence-electron chi connectivity index (χ1n) is 6.92. The number of carbonyl (C=O) groups excluding carboxylic acids is 1. The third kappa shape index (κ3) is 3.28. The van der Waals surface area contributed by atoms with Crippen molar-refractivity contribution in [3.8, 4) is 0 Å². The lowest BCUT2D eigenvalue weighted by Crippen LogP contribution is -2.36. The van der Waals surface area contributed by atoms with E-state index in [1.165, 1.54) is 12.1 Å². The molecule has 0 radical (unpaired) electrons. The van der Waals surface area contributed by atoms with Gasteiger partial charge in [0.25, 0.3) is 0 Å². The standard InChI is InChI=1S/C14H18N2O5S/c1-2-16-22(20,21)11-5-3-10(4-6-11)9-15-12(17)14(7-8-14)13(18)19/h3-6,16H,2,7-9H2,1H3,(H,15,17)(H,18,19). The molecular formula is C14H18N2O5S. The first-order chi connectivity index (χ1) is 10.3. The Kier molecular flexibility index (Phi) is 4.52. The van der Waals surface area contributed by atoms with Crippen LogP contribution in [0.4, 0.5) is 0 Å². The van der Waals surface area contributed by atoms with Crippen LogP contribution in [0.25, 0.3) is 0 Å². The van der Waals surface area contributed by atoms with E-state index in [4.69, 9.17) is 5.11 Å². The summed E-state index contributed by atoms with van der Waals surface area (Å²) in [5.41, 5.74) is -0.570. The van der Waals surface area contributed by atoms with E-state index in [9.17, 15) is 18.0 Å². The van der Waals surface area contributed by atoms with Gasteiger partial charge in [-0.05, 0) is 30.5 Å². The van der Waals surface area contributed by atoms with Crippen LogP contribution in [0.3, 0.4) is 0 Å². The zero-order chi connectivity index (χ0) is 16.4. The minimum atomic E-state index is -3.50. The molecule has 22 heavy (non-hydrogen) atoms. The Morgan fingerprint density at radius 3 is 2.27 bits per heavy atom. The average Bonchev–Trinajstić information content (AvgIpc) is 3.27. The molecule has 0 heterocycles. The van der Waals surface area contributed by atoms with E-state index < -0.39 is 27.3 Å². The summed E-state index contributed by atoms with van der Waals surface area (Å²) >= 11 is 0. The fraction of sp³-hybridized carbons (Fsp3) is 0.429. The fourth-order valence-electron chi connectivity index (χ4n) is 2.07. The summed E-state index contributed by atoms with van der Waals surface area (Å²) in [4.78, 5) is 23.0. The summed E-state index contributed by atoms with van der Waals surface area (Å²) in [6, 6.07) is 6.07. The van der Waals surface area contributed by atoms with E-state index in [1.807, 2.05) is 0 Å². The normalized spacial score (nSPS) is 16.0. The summed E-state index contributed by atoms with van der Waals surface area (Å²) < 4.78 is 25.9. The highest BCUT2D eigenvalue weighted by atomic mass is 32.2. The van der Waals surface area contributed by atoms with E-state index in [0.29, 0.717) is 24.9 Å². The summed E-state index contributed by atoms with van der Waals surface area (Å²) in [6.45, 7) is 2.16. The molecule has 0 aromatic heterocycles. The fourth-order valence-corrected chi connectivity index (χ4v) is 3.12. The zero-order valence-corrected chi connectivity index (χ0v) is 12.9. The molecule has 0 atom stereocenters. The monoisotopic (exact) mass is 326 g/mol. The van der Waals surface area contributed by atoms with Gasteiger partial charge >= 0.3 is 5.97 Å². The van der Waals surface area contributed by atoms with E-state index in [0.717, 1.165) is 0 Å². The van der Waals surface area contributed by atoms with Crippen LogP contribution >= 0.6 is 0 Å². The quantitative estimate of drug-likeness (QED) is 0.630. The number of carboxylic acids is 1. The molecule has 3 N–H and O–H groups in total. The molecule has 0 unspecified atom stereocenters. The van der Waals surface area contributed by atoms with Crippen molar-refractivity contribution in [2.75, 3.05) is 6.54 Å². The molecule has 1 aliphatic carbocycles. The third-order valence-electron chi connectivity index (χ3n) is 3.62. The molecule has 2 rings (SSSR count). The van der Waals surface area contributed by atoms with Crippen LogP contribution in [-0.2, 0) is 26.2 Å². The Hall–Kier alpha value is -1.93. The predicted molar refractivity (Wildman–Crippen MR) is 78.5 cm³/mol. The van der Waals surface area contributed by atoms with Crippen molar-refractivity contribution in [2.24, 2.45) is 5.41 Å². The zero-order valence-electron chi connectivity index (χ0n) is 12.1. The largest absolute Gasteiger partial charge is 0.480 e. The predicted octanol–water partition coefficient (Wildman–Crippen LogP) is 0.466. The van der Waals surface area contributed by atoms with Crippen molar-refractivity contribution < 1.29 is 23.1 Å². The molecule has 0 bridgehead atoms. The second-order valence-corrected chi connectivity index (χ2v) is 6.98. The highest BCUT2D eigenvalue weighted by Crippen LogP contribution is 2.46. The third-order valence-corrected chi connectivity index (χ3v) is 5.18. The Bertz CT molecular complexity index is 678. The number of hydrogen-bond donors (Lipinski definition) is 3. The highest BCUT2D eigenvalue weighted by molar-refractivity contribution is 7.89. The summed E-state index contributed by atoms with van der Waals surface area (Å²) in [5.74, 6) is -1.60. The number of carbonyl (C=O) groups is 2. The van der Waals surface area contributed by atoms with Gasteiger partial charge < -0.3 is 10.4 Å². The van der Waals surface area contributed by atoms with Crippen molar-refractivity contribution in [3.63, 3.8) is 0 Å².